The molecule has 13 aromatic rings. The minimum absolute atomic E-state index is 0. The van der Waals surface area contributed by atoms with Gasteiger partial charge in [0.1, 0.15) is 34.6 Å². The molecule has 0 amide bonds. The molecule has 0 spiro atoms. The van der Waals surface area contributed by atoms with Gasteiger partial charge in [-0.25, -0.2) is 15.0 Å². The maximum atomic E-state index is 12.2. The van der Waals surface area contributed by atoms with Gasteiger partial charge in [0, 0.05) is 110 Å². The molecule has 13 rings (SSSR count). The van der Waals surface area contributed by atoms with Crippen LogP contribution >= 0.6 is 0 Å². The Labute approximate surface area is 553 Å². The molecule has 0 fully saturated rings. The van der Waals surface area contributed by atoms with Gasteiger partial charge in [-0.15, -0.1) is 0 Å². The van der Waals surface area contributed by atoms with E-state index in [1.165, 1.54) is 55.8 Å². The molecule has 12 aromatic heterocycles. The predicted molar refractivity (Wildman–Crippen MR) is 294 cm³/mol. The standard InChI is InChI=1S/C13H11N4.C10H13N4.3C8H4F3N4.C8H9N4.3Pt/c1-10-9-12(16-15-10)13-14-7-8-17(13)11-5-3-2-4-6-11;1-7(2)14-5-4-11-10(14)9-6-8(3)12-13-9;3*9-8(10,11)7-3-5(14-15-7)6-4-12-1-2-13-6;1-6-5-7(11-10-6)8-9-3-4-12(8)2;;;/h2-9H,1H3;4-7H,1-3H3;3*1-4H;3-5H,1-2H3;;;/q6*-1;3*+2. The summed E-state index contributed by atoms with van der Waals surface area (Å²) >= 11 is 0. The summed E-state index contributed by atoms with van der Waals surface area (Å²) in [7, 11) is 1.94. The quantitative estimate of drug-likeness (QED) is 0.128. The Bertz CT molecular complexity index is 3980. The average molecular weight is 1800 g/mol. The van der Waals surface area contributed by atoms with Gasteiger partial charge in [-0.1, -0.05) is 70.6 Å². The molecule has 36 heteroatoms. The van der Waals surface area contributed by atoms with Crippen LogP contribution < -0.4 is 30.6 Å². The molecule has 0 aliphatic carbocycles. The first-order valence-corrected chi connectivity index (χ1v) is 25.5. The molecular formula is C55H45F9N24Pt3. The number of para-hydroxylation sites is 1. The second-order valence-electron chi connectivity index (χ2n) is 18.3. The van der Waals surface area contributed by atoms with Crippen molar-refractivity contribution in [1.29, 1.82) is 0 Å². The van der Waals surface area contributed by atoms with Crippen molar-refractivity contribution in [3.05, 3.63) is 194 Å². The number of aromatic nitrogens is 24. The molecule has 0 radical (unpaired) electrons. The van der Waals surface area contributed by atoms with Gasteiger partial charge in [0.15, 0.2) is 0 Å². The number of imidazole rings is 3. The van der Waals surface area contributed by atoms with Crippen LogP contribution in [0.4, 0.5) is 39.5 Å². The van der Waals surface area contributed by atoms with Crippen LogP contribution in [0.3, 0.4) is 0 Å². The van der Waals surface area contributed by atoms with Crippen LogP contribution in [-0.4, -0.2) is 89.1 Å². The minimum atomic E-state index is -4.48. The van der Waals surface area contributed by atoms with Gasteiger partial charge < -0.3 is 74.9 Å². The Morgan fingerprint density at radius 1 is 0.385 bits per heavy atom. The zero-order valence-electron chi connectivity index (χ0n) is 47.7. The van der Waals surface area contributed by atoms with E-state index in [9.17, 15) is 39.5 Å². The van der Waals surface area contributed by atoms with E-state index in [1.54, 1.807) is 18.6 Å². The van der Waals surface area contributed by atoms with Crippen molar-refractivity contribution in [3.8, 4) is 74.4 Å². The second kappa shape index (κ2) is 33.0. The van der Waals surface area contributed by atoms with Gasteiger partial charge in [0.2, 0.25) is 0 Å². The number of alkyl halides is 9. The van der Waals surface area contributed by atoms with Crippen molar-refractivity contribution >= 4 is 0 Å². The van der Waals surface area contributed by atoms with Crippen molar-refractivity contribution in [2.45, 2.75) is 59.2 Å². The maximum absolute atomic E-state index is 12.2. The fourth-order valence-electron chi connectivity index (χ4n) is 7.29. The number of halogens is 9. The molecule has 24 nitrogen and oxygen atoms in total. The number of hydrogen-bond acceptors (Lipinski definition) is 15. The van der Waals surface area contributed by atoms with Crippen molar-refractivity contribution in [3.63, 3.8) is 0 Å². The molecule has 0 unspecified atom stereocenters. The van der Waals surface area contributed by atoms with Gasteiger partial charge in [-0.2, -0.15) is 39.5 Å². The summed E-state index contributed by atoms with van der Waals surface area (Å²) in [6, 6.07) is 18.8. The van der Waals surface area contributed by atoms with Crippen molar-refractivity contribution in [2.75, 3.05) is 0 Å². The maximum Gasteiger partial charge on any atom is 2.00 e. The Morgan fingerprint density at radius 2 is 0.736 bits per heavy atom. The molecule has 0 atom stereocenters. The first-order valence-electron chi connectivity index (χ1n) is 25.5. The van der Waals surface area contributed by atoms with Crippen LogP contribution in [0, 0.1) is 20.8 Å². The van der Waals surface area contributed by atoms with Gasteiger partial charge in [0.05, 0.1) is 35.7 Å². The number of benzene rings is 1. The van der Waals surface area contributed by atoms with Crippen LogP contribution in [0.5, 0.6) is 0 Å². The van der Waals surface area contributed by atoms with Crippen LogP contribution in [0.25, 0.3) is 74.4 Å². The Balaban J connectivity index is 0.000000198. The van der Waals surface area contributed by atoms with Gasteiger partial charge in [-0.05, 0) is 65.0 Å². The van der Waals surface area contributed by atoms with Gasteiger partial charge in [0.25, 0.3) is 0 Å². The van der Waals surface area contributed by atoms with Crippen molar-refractivity contribution in [1.82, 2.24) is 120 Å². The van der Waals surface area contributed by atoms with E-state index in [4.69, 9.17) is 0 Å². The smallest absolute Gasteiger partial charge is 0.573 e. The normalized spacial score (nSPS) is 10.9. The molecular weight excluding hydrogens is 1750 g/mol. The van der Waals surface area contributed by atoms with Crippen LogP contribution in [0.15, 0.2) is 160 Å². The molecule has 91 heavy (non-hydrogen) atoms. The SMILES string of the molecule is Cc1cc(-c2nccn2-c2ccccc2)[n-]n1.Cc1cc(-c2nccn2C(C)C)[n-]n1.Cc1cc(-c2nccn2C)[n-]n1.FC(F)(F)c1cc(-c2cnccn2)[n-]n1.FC(F)(F)c1cc(-c2cnccn2)[n-]n1.FC(F)(F)c1cc(-c2cnccn2)[n-]n1.[Pt+2].[Pt+2].[Pt+2]. The number of nitrogens with zero attached hydrogens (tertiary/aromatic N) is 24. The summed E-state index contributed by atoms with van der Waals surface area (Å²) in [5.74, 6) is 2.56. The third-order valence-corrected chi connectivity index (χ3v) is 11.4. The van der Waals surface area contributed by atoms with E-state index in [0.717, 1.165) is 75.5 Å². The molecule has 0 saturated carbocycles. The number of aryl methyl sites for hydroxylation is 4. The molecule has 0 aliphatic rings. The molecule has 478 valence electrons. The van der Waals surface area contributed by atoms with E-state index in [1.807, 2.05) is 104 Å². The second-order valence-corrected chi connectivity index (χ2v) is 18.3. The summed E-state index contributed by atoms with van der Waals surface area (Å²) in [6.45, 7) is 10.0. The van der Waals surface area contributed by atoms with Gasteiger partial charge in [-0.3, -0.25) is 29.9 Å². The minimum Gasteiger partial charge on any atom is -0.573 e. The molecule has 0 bridgehead atoms. The Kier molecular flexibility index (Phi) is 26.3. The summed E-state index contributed by atoms with van der Waals surface area (Å²) in [4.78, 5) is 35.4. The summed E-state index contributed by atoms with van der Waals surface area (Å²) in [6.07, 6.45) is 10.0. The van der Waals surface area contributed by atoms with Crippen LogP contribution in [-0.2, 0) is 88.8 Å². The number of hydrogen-bond donors (Lipinski definition) is 0. The Hall–Kier alpha value is -9.22. The fourth-order valence-corrected chi connectivity index (χ4v) is 7.29. The number of rotatable bonds is 8. The summed E-state index contributed by atoms with van der Waals surface area (Å²) in [5.41, 5.74) is 4.23. The fraction of sp³-hybridized carbons (Fsp3) is 0.182. The zero-order valence-corrected chi connectivity index (χ0v) is 54.5. The third kappa shape index (κ3) is 20.4. The van der Waals surface area contributed by atoms with Crippen molar-refractivity contribution < 1.29 is 103 Å². The van der Waals surface area contributed by atoms with E-state index in [0.29, 0.717) is 6.04 Å². The molecule has 0 N–H and O–H groups in total. The summed E-state index contributed by atoms with van der Waals surface area (Å²) in [5, 5.41) is 43.3. The Morgan fingerprint density at radius 3 is 1.07 bits per heavy atom. The molecule has 12 heterocycles. The van der Waals surface area contributed by atoms with E-state index < -0.39 is 35.6 Å². The molecule has 0 aliphatic heterocycles. The zero-order chi connectivity index (χ0) is 63.0. The van der Waals surface area contributed by atoms with E-state index >= 15 is 0 Å². The van der Waals surface area contributed by atoms with Crippen LogP contribution in [0.2, 0.25) is 0 Å². The predicted octanol–water partition coefficient (Wildman–Crippen LogP) is 9.28. The molecule has 0 saturated heterocycles. The first kappa shape index (κ1) is 72.5. The molecule has 1 aromatic carbocycles. The largest absolute Gasteiger partial charge is 2.00 e. The van der Waals surface area contributed by atoms with E-state index in [2.05, 4.69) is 124 Å². The van der Waals surface area contributed by atoms with Crippen molar-refractivity contribution in [2.24, 2.45) is 7.05 Å². The first-order chi connectivity index (χ1) is 42.0. The third-order valence-electron chi connectivity index (χ3n) is 11.4. The average Bonchev–Trinajstić information content (AvgIpc) is 4.29. The van der Waals surface area contributed by atoms with Crippen LogP contribution in [0.1, 0.15) is 54.1 Å². The topological polar surface area (TPSA) is 293 Å². The summed E-state index contributed by atoms with van der Waals surface area (Å²) < 4.78 is 116. The monoisotopic (exact) mass is 1800 g/mol. The van der Waals surface area contributed by atoms with Gasteiger partial charge >= 0.3 is 81.7 Å². The van der Waals surface area contributed by atoms with E-state index in [-0.39, 0.29) is 97.4 Å².